The zero-order chi connectivity index (χ0) is 15.5. The molecule has 0 spiro atoms. The molecule has 0 aliphatic carbocycles. The van der Waals surface area contributed by atoms with Crippen molar-refractivity contribution in [1.29, 1.82) is 0 Å². The van der Waals surface area contributed by atoms with Gasteiger partial charge in [0.1, 0.15) is 0 Å². The minimum Gasteiger partial charge on any atom is -0.207 e. The van der Waals surface area contributed by atoms with Crippen LogP contribution in [0.15, 0.2) is 53.4 Å². The number of hydrogen-bond donors (Lipinski definition) is 0. The Kier molecular flexibility index (Phi) is 4.80. The average Bonchev–Trinajstić information content (AvgIpc) is 2.46. The van der Waals surface area contributed by atoms with E-state index in [-0.39, 0.29) is 0 Å². The van der Waals surface area contributed by atoms with Crippen LogP contribution in [0, 0.1) is 13.8 Å². The molecule has 0 unspecified atom stereocenters. The number of nitrogens with zero attached hydrogens (tertiary/aromatic N) is 1. The Morgan fingerprint density at radius 1 is 0.905 bits per heavy atom. The molecule has 112 valence electrons. The Bertz CT molecular complexity index is 723. The van der Waals surface area contributed by atoms with Crippen molar-refractivity contribution in [2.45, 2.75) is 32.2 Å². The van der Waals surface area contributed by atoms with E-state index < -0.39 is 10.0 Å². The first-order valence-electron chi connectivity index (χ1n) is 7.07. The fourth-order valence-corrected chi connectivity index (χ4v) is 3.98. The molecule has 0 amide bonds. The number of sulfonamides is 1. The molecular formula is C17H21NO2S. The van der Waals surface area contributed by atoms with E-state index in [2.05, 4.69) is 0 Å². The lowest BCUT2D eigenvalue weighted by Crippen LogP contribution is -2.31. The van der Waals surface area contributed by atoms with Gasteiger partial charge in [-0.25, -0.2) is 8.42 Å². The smallest absolute Gasteiger partial charge is 0.207 e. The van der Waals surface area contributed by atoms with Gasteiger partial charge >= 0.3 is 0 Å². The summed E-state index contributed by atoms with van der Waals surface area (Å²) in [5.74, 6) is 0. The van der Waals surface area contributed by atoms with Gasteiger partial charge in [0.2, 0.25) is 10.0 Å². The van der Waals surface area contributed by atoms with Gasteiger partial charge in [0, 0.05) is 13.1 Å². The fourth-order valence-electron chi connectivity index (χ4n) is 2.33. The van der Waals surface area contributed by atoms with Crippen LogP contribution < -0.4 is 0 Å². The molecule has 0 heterocycles. The highest BCUT2D eigenvalue weighted by molar-refractivity contribution is 7.89. The molecule has 0 atom stereocenters. The molecule has 4 heteroatoms. The van der Waals surface area contributed by atoms with Crippen molar-refractivity contribution < 1.29 is 8.42 Å². The number of benzene rings is 2. The molecule has 0 bridgehead atoms. The monoisotopic (exact) mass is 303 g/mol. The summed E-state index contributed by atoms with van der Waals surface area (Å²) in [6.45, 7) is 6.55. The van der Waals surface area contributed by atoms with Crippen LogP contribution in [0.25, 0.3) is 0 Å². The highest BCUT2D eigenvalue weighted by Gasteiger charge is 2.24. The van der Waals surface area contributed by atoms with Gasteiger partial charge in [0.15, 0.2) is 0 Å². The second-order valence-corrected chi connectivity index (χ2v) is 7.03. The van der Waals surface area contributed by atoms with E-state index in [0.717, 1.165) is 16.7 Å². The van der Waals surface area contributed by atoms with Crippen LogP contribution in [0.2, 0.25) is 0 Å². The van der Waals surface area contributed by atoms with Crippen molar-refractivity contribution in [3.8, 4) is 0 Å². The van der Waals surface area contributed by atoms with Crippen LogP contribution in [0.4, 0.5) is 0 Å². The average molecular weight is 303 g/mol. The minimum absolute atomic E-state index is 0.389. The van der Waals surface area contributed by atoms with Crippen LogP contribution in [-0.4, -0.2) is 19.3 Å². The van der Waals surface area contributed by atoms with Gasteiger partial charge in [0.05, 0.1) is 4.90 Å². The summed E-state index contributed by atoms with van der Waals surface area (Å²) < 4.78 is 27.2. The maximum atomic E-state index is 12.8. The summed E-state index contributed by atoms with van der Waals surface area (Å²) in [4.78, 5) is 0.389. The highest BCUT2D eigenvalue weighted by Crippen LogP contribution is 2.22. The Balaban J connectivity index is 2.37. The lowest BCUT2D eigenvalue weighted by Gasteiger charge is -2.22. The zero-order valence-electron chi connectivity index (χ0n) is 12.7. The van der Waals surface area contributed by atoms with Crippen LogP contribution in [0.5, 0.6) is 0 Å². The lowest BCUT2D eigenvalue weighted by molar-refractivity contribution is 0.422. The van der Waals surface area contributed by atoms with Gasteiger partial charge in [-0.15, -0.1) is 0 Å². The lowest BCUT2D eigenvalue weighted by atomic mass is 10.1. The second kappa shape index (κ2) is 6.41. The number of aryl methyl sites for hydroxylation is 2. The zero-order valence-corrected chi connectivity index (χ0v) is 13.5. The Morgan fingerprint density at radius 2 is 1.48 bits per heavy atom. The molecule has 0 radical (unpaired) electrons. The Morgan fingerprint density at radius 3 is 2.05 bits per heavy atom. The molecule has 0 aliphatic rings. The van der Waals surface area contributed by atoms with Crippen molar-refractivity contribution in [2.75, 3.05) is 6.54 Å². The summed E-state index contributed by atoms with van der Waals surface area (Å²) in [6, 6.07) is 15.0. The summed E-state index contributed by atoms with van der Waals surface area (Å²) >= 11 is 0. The summed E-state index contributed by atoms with van der Waals surface area (Å²) in [5, 5.41) is 0. The van der Waals surface area contributed by atoms with Gasteiger partial charge < -0.3 is 0 Å². The van der Waals surface area contributed by atoms with Crippen molar-refractivity contribution >= 4 is 10.0 Å². The minimum atomic E-state index is -3.46. The fraction of sp³-hybridized carbons (Fsp3) is 0.294. The Hall–Kier alpha value is -1.65. The number of hydrogen-bond acceptors (Lipinski definition) is 2. The molecule has 0 aliphatic heterocycles. The third-order valence-electron chi connectivity index (χ3n) is 3.67. The van der Waals surface area contributed by atoms with Gasteiger partial charge in [-0.05, 0) is 36.6 Å². The normalized spacial score (nSPS) is 11.8. The third-order valence-corrected chi connectivity index (χ3v) is 5.75. The quantitative estimate of drug-likeness (QED) is 0.847. The standard InChI is InChI=1S/C17H21NO2S/c1-4-18(13-16-11-7-5-9-14(16)2)21(19,20)17-12-8-6-10-15(17)3/h5-12H,4,13H2,1-3H3. The van der Waals surface area contributed by atoms with E-state index in [1.165, 1.54) is 4.31 Å². The molecular weight excluding hydrogens is 282 g/mol. The van der Waals surface area contributed by atoms with Gasteiger partial charge in [0.25, 0.3) is 0 Å². The van der Waals surface area contributed by atoms with Gasteiger partial charge in [-0.2, -0.15) is 4.31 Å². The summed E-state index contributed by atoms with van der Waals surface area (Å²) in [5.41, 5.74) is 2.92. The molecule has 0 aromatic heterocycles. The van der Waals surface area contributed by atoms with Crippen LogP contribution in [0.3, 0.4) is 0 Å². The summed E-state index contributed by atoms with van der Waals surface area (Å²) in [7, 11) is -3.46. The molecule has 0 fully saturated rings. The SMILES string of the molecule is CCN(Cc1ccccc1C)S(=O)(=O)c1ccccc1C. The van der Waals surface area contributed by atoms with Crippen LogP contribution in [0.1, 0.15) is 23.6 Å². The summed E-state index contributed by atoms with van der Waals surface area (Å²) in [6.07, 6.45) is 0. The molecule has 21 heavy (non-hydrogen) atoms. The predicted molar refractivity (Wildman–Crippen MR) is 85.6 cm³/mol. The highest BCUT2D eigenvalue weighted by atomic mass is 32.2. The Labute approximate surface area is 127 Å². The molecule has 3 nitrogen and oxygen atoms in total. The van der Waals surface area contributed by atoms with Crippen molar-refractivity contribution in [2.24, 2.45) is 0 Å². The van der Waals surface area contributed by atoms with E-state index in [1.807, 2.05) is 57.2 Å². The largest absolute Gasteiger partial charge is 0.243 e. The first-order valence-corrected chi connectivity index (χ1v) is 8.51. The van der Waals surface area contributed by atoms with Crippen molar-refractivity contribution in [3.63, 3.8) is 0 Å². The van der Waals surface area contributed by atoms with E-state index in [4.69, 9.17) is 0 Å². The third kappa shape index (κ3) is 3.34. The van der Waals surface area contributed by atoms with E-state index >= 15 is 0 Å². The van der Waals surface area contributed by atoms with E-state index in [1.54, 1.807) is 12.1 Å². The first kappa shape index (κ1) is 15.7. The van der Waals surface area contributed by atoms with Gasteiger partial charge in [-0.3, -0.25) is 0 Å². The molecule has 0 saturated carbocycles. The molecule has 2 aromatic rings. The molecule has 2 aromatic carbocycles. The molecule has 0 N–H and O–H groups in total. The van der Waals surface area contributed by atoms with Crippen LogP contribution >= 0.6 is 0 Å². The van der Waals surface area contributed by atoms with Crippen LogP contribution in [-0.2, 0) is 16.6 Å². The number of rotatable bonds is 5. The van der Waals surface area contributed by atoms with E-state index in [0.29, 0.717) is 18.0 Å². The second-order valence-electron chi connectivity index (χ2n) is 5.12. The maximum absolute atomic E-state index is 12.8. The topological polar surface area (TPSA) is 37.4 Å². The molecule has 2 rings (SSSR count). The van der Waals surface area contributed by atoms with Crippen molar-refractivity contribution in [1.82, 2.24) is 4.31 Å². The van der Waals surface area contributed by atoms with E-state index in [9.17, 15) is 8.42 Å². The first-order chi connectivity index (χ1) is 9.96. The van der Waals surface area contributed by atoms with Crippen molar-refractivity contribution in [3.05, 3.63) is 65.2 Å². The predicted octanol–water partition coefficient (Wildman–Crippen LogP) is 3.51. The molecule has 0 saturated heterocycles. The maximum Gasteiger partial charge on any atom is 0.243 e. The van der Waals surface area contributed by atoms with Gasteiger partial charge in [-0.1, -0.05) is 49.4 Å².